The van der Waals surface area contributed by atoms with E-state index in [1.807, 2.05) is 36.4 Å². The van der Waals surface area contributed by atoms with Crippen LogP contribution in [0.3, 0.4) is 0 Å². The van der Waals surface area contributed by atoms with Crippen LogP contribution in [-0.2, 0) is 0 Å². The Bertz CT molecular complexity index is 952. The number of rotatable bonds is 5. The van der Waals surface area contributed by atoms with Crippen molar-refractivity contribution in [2.75, 3.05) is 41.3 Å². The molecule has 1 saturated heterocycles. The van der Waals surface area contributed by atoms with Gasteiger partial charge in [0.05, 0.1) is 0 Å². The Kier molecular flexibility index (Phi) is 5.19. The maximum Gasteiger partial charge on any atom is 0.227 e. The summed E-state index contributed by atoms with van der Waals surface area (Å²) < 4.78 is 0. The molecule has 1 aliphatic heterocycles. The molecule has 0 saturated carbocycles. The van der Waals surface area contributed by atoms with Crippen LogP contribution in [0.1, 0.15) is 17.3 Å². The van der Waals surface area contributed by atoms with Crippen LogP contribution in [0.25, 0.3) is 0 Å². The lowest BCUT2D eigenvalue weighted by molar-refractivity contribution is 0.101. The van der Waals surface area contributed by atoms with E-state index in [4.69, 9.17) is 0 Å². The molecule has 142 valence electrons. The number of Topliss-reactive ketones (excluding diaryl/α,β-unsaturated/α-hetero) is 1. The van der Waals surface area contributed by atoms with E-state index in [0.717, 1.165) is 43.6 Å². The molecule has 3 aromatic rings. The van der Waals surface area contributed by atoms with Crippen LogP contribution in [0.5, 0.6) is 0 Å². The fourth-order valence-electron chi connectivity index (χ4n) is 3.34. The minimum atomic E-state index is 0.0447. The lowest BCUT2D eigenvalue weighted by Gasteiger charge is -2.36. The first-order valence-corrected chi connectivity index (χ1v) is 9.45. The second-order valence-corrected chi connectivity index (χ2v) is 6.81. The molecule has 6 nitrogen and oxygen atoms in total. The van der Waals surface area contributed by atoms with Gasteiger partial charge in [-0.1, -0.05) is 30.3 Å². The second-order valence-electron chi connectivity index (χ2n) is 6.81. The summed E-state index contributed by atoms with van der Waals surface area (Å²) in [6.45, 7) is 5.19. The number of para-hydroxylation sites is 1. The van der Waals surface area contributed by atoms with Crippen molar-refractivity contribution in [3.63, 3.8) is 0 Å². The molecule has 6 heteroatoms. The van der Waals surface area contributed by atoms with Gasteiger partial charge >= 0.3 is 0 Å². The molecule has 0 radical (unpaired) electrons. The maximum absolute atomic E-state index is 11.6. The van der Waals surface area contributed by atoms with Gasteiger partial charge in [0.25, 0.3) is 0 Å². The molecule has 1 aliphatic rings. The summed E-state index contributed by atoms with van der Waals surface area (Å²) in [5, 5.41) is 3.27. The SMILES string of the molecule is CC(=O)c1cccc(Nc2ccnc(N3CCN(c4ccccc4)CC3)n2)c1. The molecule has 0 unspecified atom stereocenters. The molecule has 1 aromatic heterocycles. The Balaban J connectivity index is 1.43. The van der Waals surface area contributed by atoms with Gasteiger partial charge in [0.2, 0.25) is 5.95 Å². The number of benzene rings is 2. The van der Waals surface area contributed by atoms with E-state index in [2.05, 4.69) is 49.4 Å². The van der Waals surface area contributed by atoms with Gasteiger partial charge in [-0.15, -0.1) is 0 Å². The molecular weight excluding hydrogens is 350 g/mol. The van der Waals surface area contributed by atoms with Gasteiger partial charge in [-0.2, -0.15) is 4.98 Å². The van der Waals surface area contributed by atoms with E-state index in [1.165, 1.54) is 5.69 Å². The van der Waals surface area contributed by atoms with E-state index >= 15 is 0 Å². The van der Waals surface area contributed by atoms with Crippen LogP contribution in [0, 0.1) is 0 Å². The van der Waals surface area contributed by atoms with Crippen molar-refractivity contribution in [1.29, 1.82) is 0 Å². The number of anilines is 4. The Hall–Kier alpha value is -3.41. The van der Waals surface area contributed by atoms with E-state index in [0.29, 0.717) is 5.56 Å². The highest BCUT2D eigenvalue weighted by Crippen LogP contribution is 2.21. The van der Waals surface area contributed by atoms with E-state index in [1.54, 1.807) is 13.1 Å². The average molecular weight is 373 g/mol. The van der Waals surface area contributed by atoms with Crippen LogP contribution >= 0.6 is 0 Å². The molecule has 1 fully saturated rings. The molecule has 4 rings (SSSR count). The standard InChI is InChI=1S/C22H23N5O/c1-17(28)18-6-5-7-19(16-18)24-21-10-11-23-22(25-21)27-14-12-26(13-15-27)20-8-3-2-4-9-20/h2-11,16H,12-15H2,1H3,(H,23,24,25). The molecule has 0 atom stereocenters. The van der Waals surface area contributed by atoms with Crippen molar-refractivity contribution < 1.29 is 4.79 Å². The summed E-state index contributed by atoms with van der Waals surface area (Å²) in [4.78, 5) is 25.3. The second kappa shape index (κ2) is 8.08. The van der Waals surface area contributed by atoms with Crippen molar-refractivity contribution in [2.24, 2.45) is 0 Å². The van der Waals surface area contributed by atoms with Crippen molar-refractivity contribution in [3.05, 3.63) is 72.4 Å². The first-order valence-electron chi connectivity index (χ1n) is 9.45. The quantitative estimate of drug-likeness (QED) is 0.688. The normalized spacial score (nSPS) is 14.0. The fourth-order valence-corrected chi connectivity index (χ4v) is 3.34. The molecule has 2 heterocycles. The van der Waals surface area contributed by atoms with E-state index in [-0.39, 0.29) is 5.78 Å². The summed E-state index contributed by atoms with van der Waals surface area (Å²) in [5.74, 6) is 1.49. The van der Waals surface area contributed by atoms with Crippen LogP contribution < -0.4 is 15.1 Å². The third-order valence-corrected chi connectivity index (χ3v) is 4.87. The van der Waals surface area contributed by atoms with Gasteiger partial charge in [-0.25, -0.2) is 4.98 Å². The maximum atomic E-state index is 11.6. The minimum absolute atomic E-state index is 0.0447. The third kappa shape index (κ3) is 4.11. The van der Waals surface area contributed by atoms with Gasteiger partial charge in [0, 0.05) is 49.3 Å². The molecule has 0 aliphatic carbocycles. The highest BCUT2D eigenvalue weighted by molar-refractivity contribution is 5.95. The number of hydrogen-bond donors (Lipinski definition) is 1. The highest BCUT2D eigenvalue weighted by Gasteiger charge is 2.19. The average Bonchev–Trinajstić information content (AvgIpc) is 2.75. The van der Waals surface area contributed by atoms with E-state index < -0.39 is 0 Å². The van der Waals surface area contributed by atoms with Gasteiger partial charge in [0.1, 0.15) is 5.82 Å². The van der Waals surface area contributed by atoms with Crippen LogP contribution in [0.2, 0.25) is 0 Å². The summed E-state index contributed by atoms with van der Waals surface area (Å²) >= 11 is 0. The Morgan fingerprint density at radius 3 is 2.43 bits per heavy atom. The zero-order valence-corrected chi connectivity index (χ0v) is 15.9. The number of ketones is 1. The monoisotopic (exact) mass is 373 g/mol. The Morgan fingerprint density at radius 2 is 1.68 bits per heavy atom. The number of nitrogens with one attached hydrogen (secondary N) is 1. The number of carbonyl (C=O) groups excluding carboxylic acids is 1. The zero-order chi connectivity index (χ0) is 19.3. The summed E-state index contributed by atoms with van der Waals surface area (Å²) in [6.07, 6.45) is 1.77. The van der Waals surface area contributed by atoms with Crippen LogP contribution in [0.4, 0.5) is 23.1 Å². The zero-order valence-electron chi connectivity index (χ0n) is 15.9. The molecule has 0 amide bonds. The van der Waals surface area contributed by atoms with Crippen LogP contribution in [-0.4, -0.2) is 41.9 Å². The molecule has 1 N–H and O–H groups in total. The third-order valence-electron chi connectivity index (χ3n) is 4.87. The summed E-state index contributed by atoms with van der Waals surface area (Å²) in [5.41, 5.74) is 2.77. The Morgan fingerprint density at radius 1 is 0.929 bits per heavy atom. The lowest BCUT2D eigenvalue weighted by Crippen LogP contribution is -2.47. The van der Waals surface area contributed by atoms with Gasteiger partial charge in [0.15, 0.2) is 5.78 Å². The predicted octanol–water partition coefficient (Wildman–Crippen LogP) is 3.75. The molecule has 0 bridgehead atoms. The smallest absolute Gasteiger partial charge is 0.227 e. The summed E-state index contributed by atoms with van der Waals surface area (Å²) in [6, 6.07) is 19.7. The fraction of sp³-hybridized carbons (Fsp3) is 0.227. The van der Waals surface area contributed by atoms with Crippen molar-refractivity contribution in [3.8, 4) is 0 Å². The molecule has 2 aromatic carbocycles. The van der Waals surface area contributed by atoms with Gasteiger partial charge in [-0.3, -0.25) is 4.79 Å². The van der Waals surface area contributed by atoms with Gasteiger partial charge in [-0.05, 0) is 37.3 Å². The molecule has 28 heavy (non-hydrogen) atoms. The largest absolute Gasteiger partial charge is 0.368 e. The number of hydrogen-bond acceptors (Lipinski definition) is 6. The van der Waals surface area contributed by atoms with Crippen molar-refractivity contribution in [1.82, 2.24) is 9.97 Å². The first-order chi connectivity index (χ1) is 13.7. The predicted molar refractivity (Wildman–Crippen MR) is 113 cm³/mol. The molecule has 0 spiro atoms. The van der Waals surface area contributed by atoms with Gasteiger partial charge < -0.3 is 15.1 Å². The minimum Gasteiger partial charge on any atom is -0.368 e. The van der Waals surface area contributed by atoms with Crippen LogP contribution in [0.15, 0.2) is 66.9 Å². The lowest BCUT2D eigenvalue weighted by atomic mass is 10.1. The number of carbonyl (C=O) groups is 1. The van der Waals surface area contributed by atoms with Crippen molar-refractivity contribution in [2.45, 2.75) is 6.92 Å². The number of nitrogens with zero attached hydrogens (tertiary/aromatic N) is 4. The number of piperazine rings is 1. The highest BCUT2D eigenvalue weighted by atomic mass is 16.1. The Labute approximate surface area is 164 Å². The van der Waals surface area contributed by atoms with E-state index in [9.17, 15) is 4.79 Å². The first kappa shape index (κ1) is 18.0. The topological polar surface area (TPSA) is 61.4 Å². The molecular formula is C22H23N5O. The number of aromatic nitrogens is 2. The van der Waals surface area contributed by atoms with Crippen molar-refractivity contribution >= 4 is 28.9 Å². The summed E-state index contributed by atoms with van der Waals surface area (Å²) in [7, 11) is 0.